The van der Waals surface area contributed by atoms with Gasteiger partial charge in [-0.2, -0.15) is 0 Å². The zero-order valence-corrected chi connectivity index (χ0v) is 12.8. The highest BCUT2D eigenvalue weighted by Crippen LogP contribution is 2.42. The van der Waals surface area contributed by atoms with Crippen LogP contribution in [-0.4, -0.2) is 34.5 Å². The average molecular weight is 307 g/mol. The van der Waals surface area contributed by atoms with Crippen molar-refractivity contribution in [2.24, 2.45) is 11.8 Å². The lowest BCUT2D eigenvalue weighted by molar-refractivity contribution is -0.149. The lowest BCUT2D eigenvalue weighted by atomic mass is 9.94. The predicted octanol–water partition coefficient (Wildman–Crippen LogP) is 2.78. The smallest absolute Gasteiger partial charge is 0.326 e. The Morgan fingerprint density at radius 2 is 2.24 bits per heavy atom. The van der Waals surface area contributed by atoms with E-state index in [-0.39, 0.29) is 11.8 Å². The minimum Gasteiger partial charge on any atom is -0.480 e. The monoisotopic (exact) mass is 307 g/mol. The maximum absolute atomic E-state index is 12.4. The summed E-state index contributed by atoms with van der Waals surface area (Å²) < 4.78 is 0. The van der Waals surface area contributed by atoms with Crippen molar-refractivity contribution in [2.45, 2.75) is 44.6 Å². The number of carbonyl (C=O) groups is 2. The summed E-state index contributed by atoms with van der Waals surface area (Å²) in [6.45, 7) is 0.652. The molecule has 4 nitrogen and oxygen atoms in total. The average Bonchev–Trinajstić information content (AvgIpc) is 3.13. The summed E-state index contributed by atoms with van der Waals surface area (Å²) in [5.74, 6) is -0.208. The van der Waals surface area contributed by atoms with Crippen LogP contribution in [0.4, 0.5) is 0 Å². The highest BCUT2D eigenvalue weighted by Gasteiger charge is 2.49. The highest BCUT2D eigenvalue weighted by molar-refractivity contribution is 7.09. The zero-order valence-electron chi connectivity index (χ0n) is 12.0. The van der Waals surface area contributed by atoms with E-state index in [1.54, 1.807) is 16.2 Å². The van der Waals surface area contributed by atoms with Crippen molar-refractivity contribution in [1.29, 1.82) is 0 Å². The van der Waals surface area contributed by atoms with E-state index in [1.807, 2.05) is 11.4 Å². The number of aryl methyl sites for hydroxylation is 1. The molecule has 0 bridgehead atoms. The third kappa shape index (κ3) is 2.98. The number of hydrogen-bond acceptors (Lipinski definition) is 3. The SMILES string of the molecule is O=C(O)C1C2CCCC2CN1C(=O)CCCc1cccs1. The number of likely N-dealkylation sites (tertiary alicyclic amines) is 1. The molecule has 0 radical (unpaired) electrons. The number of amides is 1. The van der Waals surface area contributed by atoms with Gasteiger partial charge in [0, 0.05) is 17.8 Å². The van der Waals surface area contributed by atoms with Crippen molar-refractivity contribution in [2.75, 3.05) is 6.54 Å². The number of carboxylic acid groups (broad SMARTS) is 1. The van der Waals surface area contributed by atoms with E-state index >= 15 is 0 Å². The van der Waals surface area contributed by atoms with Crippen LogP contribution in [0.3, 0.4) is 0 Å². The number of carbonyl (C=O) groups excluding carboxylic acids is 1. The Labute approximate surface area is 128 Å². The molecule has 2 aliphatic rings. The first-order chi connectivity index (χ1) is 10.2. The summed E-state index contributed by atoms with van der Waals surface area (Å²) in [7, 11) is 0. The molecule has 1 aliphatic carbocycles. The Kier molecular flexibility index (Phi) is 4.29. The molecule has 2 fully saturated rings. The van der Waals surface area contributed by atoms with E-state index in [0.29, 0.717) is 18.9 Å². The number of nitrogens with zero attached hydrogens (tertiary/aromatic N) is 1. The van der Waals surface area contributed by atoms with Gasteiger partial charge in [-0.1, -0.05) is 12.5 Å². The molecule has 114 valence electrons. The van der Waals surface area contributed by atoms with Gasteiger partial charge in [-0.25, -0.2) is 4.79 Å². The van der Waals surface area contributed by atoms with Crippen LogP contribution >= 0.6 is 11.3 Å². The Morgan fingerprint density at radius 3 is 2.95 bits per heavy atom. The number of fused-ring (bicyclic) bond motifs is 1. The molecule has 1 saturated carbocycles. The number of rotatable bonds is 5. The molecule has 1 aromatic heterocycles. The van der Waals surface area contributed by atoms with Crippen molar-refractivity contribution >= 4 is 23.2 Å². The normalized spacial score (nSPS) is 27.8. The zero-order chi connectivity index (χ0) is 14.8. The maximum Gasteiger partial charge on any atom is 0.326 e. The van der Waals surface area contributed by atoms with Gasteiger partial charge in [0.05, 0.1) is 0 Å². The largest absolute Gasteiger partial charge is 0.480 e. The van der Waals surface area contributed by atoms with Crippen LogP contribution in [-0.2, 0) is 16.0 Å². The fourth-order valence-corrected chi connectivity index (χ4v) is 4.64. The second-order valence-electron chi connectivity index (χ2n) is 6.12. The first-order valence-electron chi connectivity index (χ1n) is 7.71. The molecular weight excluding hydrogens is 286 g/mol. The number of thiophene rings is 1. The van der Waals surface area contributed by atoms with Gasteiger partial charge in [0.1, 0.15) is 6.04 Å². The molecule has 1 N–H and O–H groups in total. The number of hydrogen-bond donors (Lipinski definition) is 1. The van der Waals surface area contributed by atoms with Gasteiger partial charge < -0.3 is 10.0 Å². The molecule has 3 rings (SSSR count). The Hall–Kier alpha value is -1.36. The maximum atomic E-state index is 12.4. The van der Waals surface area contributed by atoms with Crippen LogP contribution in [0, 0.1) is 11.8 Å². The standard InChI is InChI=1S/C16H21NO3S/c18-14(8-2-5-12-6-3-9-21-12)17-10-11-4-1-7-13(11)15(17)16(19)20/h3,6,9,11,13,15H,1-2,4-5,7-8,10H2,(H,19,20). The molecule has 1 saturated heterocycles. The quantitative estimate of drug-likeness (QED) is 0.910. The van der Waals surface area contributed by atoms with Crippen molar-refractivity contribution in [3.8, 4) is 0 Å². The molecule has 21 heavy (non-hydrogen) atoms. The number of carboxylic acids is 1. The van der Waals surface area contributed by atoms with Crippen molar-refractivity contribution in [1.82, 2.24) is 4.90 Å². The molecule has 3 atom stereocenters. The van der Waals surface area contributed by atoms with Gasteiger partial charge in [-0.05, 0) is 49.0 Å². The van der Waals surface area contributed by atoms with Gasteiger partial charge >= 0.3 is 5.97 Å². The van der Waals surface area contributed by atoms with E-state index in [1.165, 1.54) is 4.88 Å². The van der Waals surface area contributed by atoms with Gasteiger partial charge in [-0.15, -0.1) is 11.3 Å². The molecular formula is C16H21NO3S. The molecule has 1 amide bonds. The first kappa shape index (κ1) is 14.6. The first-order valence-corrected chi connectivity index (χ1v) is 8.59. The summed E-state index contributed by atoms with van der Waals surface area (Å²) in [5.41, 5.74) is 0. The van der Waals surface area contributed by atoms with E-state index in [4.69, 9.17) is 0 Å². The van der Waals surface area contributed by atoms with E-state index in [9.17, 15) is 14.7 Å². The predicted molar refractivity (Wildman–Crippen MR) is 81.2 cm³/mol. The second kappa shape index (κ2) is 6.18. The third-order valence-corrected chi connectivity index (χ3v) is 5.79. The van der Waals surface area contributed by atoms with Gasteiger partial charge in [-0.3, -0.25) is 4.79 Å². The molecule has 1 aliphatic heterocycles. The molecule has 2 heterocycles. The summed E-state index contributed by atoms with van der Waals surface area (Å²) in [6, 6.07) is 3.52. The van der Waals surface area contributed by atoms with Gasteiger partial charge in [0.25, 0.3) is 0 Å². The van der Waals surface area contributed by atoms with E-state index < -0.39 is 12.0 Å². The number of aliphatic carboxylic acids is 1. The van der Waals surface area contributed by atoms with Crippen LogP contribution in [0.15, 0.2) is 17.5 Å². The van der Waals surface area contributed by atoms with Crippen molar-refractivity contribution in [3.05, 3.63) is 22.4 Å². The van der Waals surface area contributed by atoms with Gasteiger partial charge in [0.15, 0.2) is 0 Å². The Balaban J connectivity index is 1.57. The lowest BCUT2D eigenvalue weighted by Gasteiger charge is -2.24. The summed E-state index contributed by atoms with van der Waals surface area (Å²) in [5, 5.41) is 11.5. The fraction of sp³-hybridized carbons (Fsp3) is 0.625. The lowest BCUT2D eigenvalue weighted by Crippen LogP contribution is -2.43. The Morgan fingerprint density at radius 1 is 1.38 bits per heavy atom. The summed E-state index contributed by atoms with van der Waals surface area (Å²) in [6.07, 6.45) is 5.31. The van der Waals surface area contributed by atoms with Crippen molar-refractivity contribution < 1.29 is 14.7 Å². The summed E-state index contributed by atoms with van der Waals surface area (Å²) in [4.78, 5) is 26.8. The highest BCUT2D eigenvalue weighted by atomic mass is 32.1. The molecule has 5 heteroatoms. The summed E-state index contributed by atoms with van der Waals surface area (Å²) >= 11 is 1.71. The topological polar surface area (TPSA) is 57.6 Å². The molecule has 1 aromatic rings. The fourth-order valence-electron chi connectivity index (χ4n) is 3.89. The minimum absolute atomic E-state index is 0.0216. The van der Waals surface area contributed by atoms with Crippen LogP contribution < -0.4 is 0 Å². The second-order valence-corrected chi connectivity index (χ2v) is 7.15. The minimum atomic E-state index is -0.823. The third-order valence-electron chi connectivity index (χ3n) is 4.86. The van der Waals surface area contributed by atoms with Crippen LogP contribution in [0.5, 0.6) is 0 Å². The van der Waals surface area contributed by atoms with Gasteiger partial charge in [0.2, 0.25) is 5.91 Å². The molecule has 3 unspecified atom stereocenters. The Bertz CT molecular complexity index is 514. The molecule has 0 spiro atoms. The molecule has 0 aromatic carbocycles. The van der Waals surface area contributed by atoms with Crippen LogP contribution in [0.2, 0.25) is 0 Å². The van der Waals surface area contributed by atoms with E-state index in [0.717, 1.165) is 32.1 Å². The van der Waals surface area contributed by atoms with E-state index in [2.05, 4.69) is 6.07 Å². The van der Waals surface area contributed by atoms with Crippen LogP contribution in [0.1, 0.15) is 37.0 Å². The van der Waals surface area contributed by atoms with Crippen molar-refractivity contribution in [3.63, 3.8) is 0 Å². The van der Waals surface area contributed by atoms with Crippen LogP contribution in [0.25, 0.3) is 0 Å².